The van der Waals surface area contributed by atoms with Gasteiger partial charge in [0, 0.05) is 42.1 Å². The van der Waals surface area contributed by atoms with E-state index in [2.05, 4.69) is 27.4 Å². The van der Waals surface area contributed by atoms with Gasteiger partial charge >= 0.3 is 0 Å². The van der Waals surface area contributed by atoms with E-state index in [-0.39, 0.29) is 12.4 Å². The molecule has 0 aliphatic carbocycles. The molecular weight excluding hydrogens is 356 g/mol. The molecule has 0 bridgehead atoms. The Hall–Kier alpha value is -3.74. The third-order valence-electron chi connectivity index (χ3n) is 4.84. The van der Waals surface area contributed by atoms with Gasteiger partial charge in [-0.1, -0.05) is 18.2 Å². The van der Waals surface area contributed by atoms with Crippen molar-refractivity contribution in [3.8, 4) is 17.2 Å². The fourth-order valence-corrected chi connectivity index (χ4v) is 3.43. The quantitative estimate of drug-likeness (QED) is 0.561. The third-order valence-corrected chi connectivity index (χ3v) is 4.84. The van der Waals surface area contributed by atoms with E-state index in [1.54, 1.807) is 29.1 Å². The highest BCUT2D eigenvalue weighted by Gasteiger charge is 2.15. The van der Waals surface area contributed by atoms with Crippen molar-refractivity contribution >= 4 is 16.7 Å². The number of H-pyrrole nitrogens is 1. The highest BCUT2D eigenvalue weighted by Crippen LogP contribution is 2.33. The summed E-state index contributed by atoms with van der Waals surface area (Å²) in [7, 11) is 0. The Labute approximate surface area is 160 Å². The summed E-state index contributed by atoms with van der Waals surface area (Å²) < 4.78 is 12.3. The number of hydrogen-bond donors (Lipinski definition) is 2. The molecule has 140 valence electrons. The van der Waals surface area contributed by atoms with E-state index >= 15 is 0 Å². The lowest BCUT2D eigenvalue weighted by atomic mass is 10.1. The van der Waals surface area contributed by atoms with Gasteiger partial charge in [-0.3, -0.25) is 9.36 Å². The largest absolute Gasteiger partial charge is 0.454 e. The number of fused-ring (bicyclic) bond motifs is 2. The van der Waals surface area contributed by atoms with E-state index < -0.39 is 0 Å². The fourth-order valence-electron chi connectivity index (χ4n) is 3.43. The molecule has 2 N–H and O–H groups in total. The zero-order valence-corrected chi connectivity index (χ0v) is 15.0. The molecule has 2 aromatic carbocycles. The van der Waals surface area contributed by atoms with Crippen LogP contribution in [0.4, 0.5) is 5.82 Å². The highest BCUT2D eigenvalue weighted by atomic mass is 16.7. The summed E-state index contributed by atoms with van der Waals surface area (Å²) in [5.41, 5.74) is 2.81. The maximum absolute atomic E-state index is 12.8. The van der Waals surface area contributed by atoms with Gasteiger partial charge < -0.3 is 19.8 Å². The lowest BCUT2D eigenvalue weighted by Crippen LogP contribution is -2.24. The van der Waals surface area contributed by atoms with Crippen LogP contribution in [-0.4, -0.2) is 27.9 Å². The Morgan fingerprint density at radius 3 is 3.00 bits per heavy atom. The number of rotatable bonds is 5. The second-order valence-corrected chi connectivity index (χ2v) is 6.52. The lowest BCUT2D eigenvalue weighted by molar-refractivity contribution is 0.174. The first-order valence-electron chi connectivity index (χ1n) is 9.06. The molecule has 3 heterocycles. The summed E-state index contributed by atoms with van der Waals surface area (Å²) in [5, 5.41) is 4.36. The zero-order chi connectivity index (χ0) is 18.9. The Kier molecular flexibility index (Phi) is 3.97. The van der Waals surface area contributed by atoms with Crippen molar-refractivity contribution in [1.29, 1.82) is 0 Å². The molecule has 1 aliphatic heterocycles. The molecule has 0 radical (unpaired) electrons. The van der Waals surface area contributed by atoms with Gasteiger partial charge in [-0.2, -0.15) is 0 Å². The first-order chi connectivity index (χ1) is 13.8. The average Bonchev–Trinajstić information content (AvgIpc) is 3.36. The number of aromatic nitrogens is 3. The van der Waals surface area contributed by atoms with Gasteiger partial charge in [-0.25, -0.2) is 4.98 Å². The van der Waals surface area contributed by atoms with E-state index in [1.165, 1.54) is 10.9 Å². The number of aromatic amines is 1. The van der Waals surface area contributed by atoms with Crippen molar-refractivity contribution in [3.63, 3.8) is 0 Å². The molecule has 0 spiro atoms. The van der Waals surface area contributed by atoms with Crippen molar-refractivity contribution in [2.45, 2.75) is 6.42 Å². The summed E-state index contributed by atoms with van der Waals surface area (Å²) >= 11 is 0. The molecule has 0 saturated carbocycles. The van der Waals surface area contributed by atoms with Gasteiger partial charge in [0.25, 0.3) is 5.56 Å². The molecular formula is C21H18N4O3. The summed E-state index contributed by atoms with van der Waals surface area (Å²) in [6.45, 7) is 0.805. The minimum atomic E-state index is -0.208. The number of ether oxygens (including phenoxy) is 2. The number of para-hydroxylation sites is 1. The van der Waals surface area contributed by atoms with Gasteiger partial charge in [0.1, 0.15) is 0 Å². The van der Waals surface area contributed by atoms with E-state index in [4.69, 9.17) is 9.47 Å². The van der Waals surface area contributed by atoms with Gasteiger partial charge in [-0.05, 0) is 30.2 Å². The highest BCUT2D eigenvalue weighted by molar-refractivity contribution is 5.83. The number of benzene rings is 2. The van der Waals surface area contributed by atoms with Crippen molar-refractivity contribution in [3.05, 3.63) is 77.0 Å². The molecule has 0 atom stereocenters. The third kappa shape index (κ3) is 2.87. The summed E-state index contributed by atoms with van der Waals surface area (Å²) in [6.07, 6.45) is 6.05. The molecule has 0 fully saturated rings. The molecule has 0 unspecified atom stereocenters. The zero-order valence-electron chi connectivity index (χ0n) is 15.0. The van der Waals surface area contributed by atoms with Crippen LogP contribution in [0.2, 0.25) is 0 Å². The van der Waals surface area contributed by atoms with Gasteiger partial charge in [-0.15, -0.1) is 0 Å². The van der Waals surface area contributed by atoms with Crippen LogP contribution >= 0.6 is 0 Å². The van der Waals surface area contributed by atoms with Crippen LogP contribution in [0.1, 0.15) is 5.56 Å². The lowest BCUT2D eigenvalue weighted by Gasteiger charge is -2.09. The standard InChI is InChI=1S/C21H18N4O3/c26-21-20(22-8-7-14-12-24-17-4-2-1-3-16(14)17)23-9-10-25(21)15-5-6-18-19(11-15)28-13-27-18/h1-6,9-12,24H,7-8,13H2,(H,22,23). The van der Waals surface area contributed by atoms with Crippen LogP contribution in [0.15, 0.2) is 65.8 Å². The Morgan fingerprint density at radius 2 is 2.04 bits per heavy atom. The summed E-state index contributed by atoms with van der Waals surface area (Å²) in [4.78, 5) is 20.3. The molecule has 0 amide bonds. The second-order valence-electron chi connectivity index (χ2n) is 6.52. The summed E-state index contributed by atoms with van der Waals surface area (Å²) in [5.74, 6) is 1.64. The molecule has 28 heavy (non-hydrogen) atoms. The minimum Gasteiger partial charge on any atom is -0.454 e. The van der Waals surface area contributed by atoms with Crippen LogP contribution in [0.3, 0.4) is 0 Å². The van der Waals surface area contributed by atoms with E-state index in [9.17, 15) is 4.79 Å². The Bertz CT molecular complexity index is 1210. The van der Waals surface area contributed by atoms with Crippen LogP contribution in [0, 0.1) is 0 Å². The molecule has 5 rings (SSSR count). The van der Waals surface area contributed by atoms with Crippen LogP contribution < -0.4 is 20.3 Å². The van der Waals surface area contributed by atoms with E-state index in [0.29, 0.717) is 29.5 Å². The molecule has 0 saturated heterocycles. The number of nitrogens with zero attached hydrogens (tertiary/aromatic N) is 2. The first kappa shape index (κ1) is 16.4. The summed E-state index contributed by atoms with van der Waals surface area (Å²) in [6, 6.07) is 13.6. The van der Waals surface area contributed by atoms with Gasteiger partial charge in [0.05, 0.1) is 5.69 Å². The van der Waals surface area contributed by atoms with Gasteiger partial charge in [0.15, 0.2) is 17.3 Å². The first-order valence-corrected chi connectivity index (χ1v) is 9.06. The molecule has 7 nitrogen and oxygen atoms in total. The maximum Gasteiger partial charge on any atom is 0.297 e. The Balaban J connectivity index is 1.35. The van der Waals surface area contributed by atoms with Crippen LogP contribution in [0.5, 0.6) is 11.5 Å². The Morgan fingerprint density at radius 1 is 1.14 bits per heavy atom. The number of nitrogens with one attached hydrogen (secondary N) is 2. The van der Waals surface area contributed by atoms with E-state index in [0.717, 1.165) is 11.9 Å². The van der Waals surface area contributed by atoms with Crippen molar-refractivity contribution < 1.29 is 9.47 Å². The van der Waals surface area contributed by atoms with Crippen LogP contribution in [0.25, 0.3) is 16.6 Å². The van der Waals surface area contributed by atoms with Crippen LogP contribution in [-0.2, 0) is 6.42 Å². The second kappa shape index (κ2) is 6.77. The van der Waals surface area contributed by atoms with Crippen molar-refractivity contribution in [1.82, 2.24) is 14.5 Å². The molecule has 2 aromatic heterocycles. The normalized spacial score (nSPS) is 12.4. The predicted octanol–water partition coefficient (Wildman–Crippen LogP) is 3.10. The van der Waals surface area contributed by atoms with Gasteiger partial charge in [0.2, 0.25) is 6.79 Å². The number of hydrogen-bond acceptors (Lipinski definition) is 5. The van der Waals surface area contributed by atoms with E-state index in [1.807, 2.05) is 24.4 Å². The molecule has 7 heteroatoms. The smallest absolute Gasteiger partial charge is 0.297 e. The monoisotopic (exact) mass is 374 g/mol. The SMILES string of the molecule is O=c1c(NCCc2c[nH]c3ccccc23)nccn1-c1ccc2c(c1)OCO2. The van der Waals surface area contributed by atoms with Crippen molar-refractivity contribution in [2.75, 3.05) is 18.7 Å². The van der Waals surface area contributed by atoms with Crippen molar-refractivity contribution in [2.24, 2.45) is 0 Å². The fraction of sp³-hybridized carbons (Fsp3) is 0.143. The minimum absolute atomic E-state index is 0.199. The molecule has 4 aromatic rings. The average molecular weight is 374 g/mol. The maximum atomic E-state index is 12.8. The predicted molar refractivity (Wildman–Crippen MR) is 106 cm³/mol. The topological polar surface area (TPSA) is 81.2 Å². The number of anilines is 1. The molecule has 1 aliphatic rings.